The molecule has 0 radical (unpaired) electrons. The molecule has 22 heavy (non-hydrogen) atoms. The van der Waals surface area contributed by atoms with Gasteiger partial charge in [-0.3, -0.25) is 4.79 Å². The van der Waals surface area contributed by atoms with Gasteiger partial charge >= 0.3 is 11.9 Å². The Bertz CT molecular complexity index is 618. The van der Waals surface area contributed by atoms with Gasteiger partial charge in [-0.1, -0.05) is 13.8 Å². The van der Waals surface area contributed by atoms with Gasteiger partial charge in [0.2, 0.25) is 0 Å². The highest BCUT2D eigenvalue weighted by atomic mass is 19.1. The lowest BCUT2D eigenvalue weighted by Gasteiger charge is -2.05. The Labute approximate surface area is 128 Å². The lowest BCUT2D eigenvalue weighted by Crippen LogP contribution is -2.08. The summed E-state index contributed by atoms with van der Waals surface area (Å²) < 4.78 is 22.6. The van der Waals surface area contributed by atoms with Crippen molar-refractivity contribution >= 4 is 11.9 Å². The highest BCUT2D eigenvalue weighted by molar-refractivity contribution is 5.91. The smallest absolute Gasteiger partial charge is 0.343 e. The van der Waals surface area contributed by atoms with Crippen LogP contribution in [-0.4, -0.2) is 11.9 Å². The standard InChI is InChI=1S/C15H11FO4.C2H6/c1-10(17)19-13-6-2-11(3-7-13)15(18)20-14-8-4-12(16)5-9-14;1-2/h2-9H,1H3;1-2H3. The van der Waals surface area contributed by atoms with Crippen LogP contribution in [0.25, 0.3) is 0 Å². The van der Waals surface area contributed by atoms with Crippen molar-refractivity contribution in [2.45, 2.75) is 20.8 Å². The summed E-state index contributed by atoms with van der Waals surface area (Å²) in [5.41, 5.74) is 0.297. The monoisotopic (exact) mass is 304 g/mol. The van der Waals surface area contributed by atoms with Crippen molar-refractivity contribution in [3.8, 4) is 11.5 Å². The molecule has 0 heterocycles. The van der Waals surface area contributed by atoms with Crippen molar-refractivity contribution in [2.75, 3.05) is 0 Å². The molecule has 2 aromatic rings. The SMILES string of the molecule is CC.CC(=O)Oc1ccc(C(=O)Oc2ccc(F)cc2)cc1. The molecule has 0 aromatic heterocycles. The summed E-state index contributed by atoms with van der Waals surface area (Å²) >= 11 is 0. The quantitative estimate of drug-likeness (QED) is 0.635. The van der Waals surface area contributed by atoms with E-state index in [9.17, 15) is 14.0 Å². The average molecular weight is 304 g/mol. The van der Waals surface area contributed by atoms with Gasteiger partial charge in [-0.15, -0.1) is 0 Å². The van der Waals surface area contributed by atoms with Gasteiger partial charge < -0.3 is 9.47 Å². The van der Waals surface area contributed by atoms with E-state index in [2.05, 4.69) is 0 Å². The number of hydrogen-bond acceptors (Lipinski definition) is 4. The summed E-state index contributed by atoms with van der Waals surface area (Å²) in [6.45, 7) is 5.29. The summed E-state index contributed by atoms with van der Waals surface area (Å²) in [6.07, 6.45) is 0. The predicted molar refractivity (Wildman–Crippen MR) is 80.5 cm³/mol. The second-order valence-electron chi connectivity index (χ2n) is 3.96. The molecule has 116 valence electrons. The van der Waals surface area contributed by atoms with E-state index in [1.54, 1.807) is 0 Å². The molecule has 0 fully saturated rings. The highest BCUT2D eigenvalue weighted by Gasteiger charge is 2.09. The van der Waals surface area contributed by atoms with Crippen molar-refractivity contribution in [1.29, 1.82) is 0 Å². The maximum Gasteiger partial charge on any atom is 0.343 e. The van der Waals surface area contributed by atoms with Crippen LogP contribution in [-0.2, 0) is 4.79 Å². The van der Waals surface area contributed by atoms with Crippen molar-refractivity contribution in [2.24, 2.45) is 0 Å². The molecule has 0 amide bonds. The number of carbonyl (C=O) groups excluding carboxylic acids is 2. The zero-order valence-electron chi connectivity index (χ0n) is 12.6. The Kier molecular flexibility index (Phi) is 6.76. The molecule has 2 rings (SSSR count). The molecule has 0 saturated carbocycles. The Morgan fingerprint density at radius 1 is 0.818 bits per heavy atom. The van der Waals surface area contributed by atoms with Crippen molar-refractivity contribution < 1.29 is 23.5 Å². The minimum absolute atomic E-state index is 0.250. The topological polar surface area (TPSA) is 52.6 Å². The molecule has 0 aliphatic heterocycles. The normalized spacial score (nSPS) is 9.27. The second-order valence-corrected chi connectivity index (χ2v) is 3.96. The van der Waals surface area contributed by atoms with Gasteiger partial charge in [0.1, 0.15) is 17.3 Å². The van der Waals surface area contributed by atoms with Crippen molar-refractivity contribution in [3.05, 3.63) is 59.9 Å². The molecule has 0 bridgehead atoms. The molecule has 0 atom stereocenters. The van der Waals surface area contributed by atoms with Crippen LogP contribution in [0.2, 0.25) is 0 Å². The van der Waals surface area contributed by atoms with Gasteiger partial charge in [0.15, 0.2) is 0 Å². The third-order valence-electron chi connectivity index (χ3n) is 2.38. The zero-order valence-corrected chi connectivity index (χ0v) is 12.6. The van der Waals surface area contributed by atoms with E-state index in [0.29, 0.717) is 11.3 Å². The average Bonchev–Trinajstić information content (AvgIpc) is 2.51. The van der Waals surface area contributed by atoms with Crippen LogP contribution in [0.15, 0.2) is 48.5 Å². The molecule has 0 saturated heterocycles. The molecule has 0 spiro atoms. The fraction of sp³-hybridized carbons (Fsp3) is 0.176. The largest absolute Gasteiger partial charge is 0.427 e. The number of hydrogen-bond donors (Lipinski definition) is 0. The summed E-state index contributed by atoms with van der Waals surface area (Å²) in [7, 11) is 0. The molecule has 0 aliphatic carbocycles. The van der Waals surface area contributed by atoms with Crippen molar-refractivity contribution in [3.63, 3.8) is 0 Å². The maximum absolute atomic E-state index is 12.7. The second kappa shape index (κ2) is 8.56. The fourth-order valence-electron chi connectivity index (χ4n) is 1.49. The molecule has 2 aromatic carbocycles. The van der Waals surface area contributed by atoms with Gasteiger partial charge in [-0.25, -0.2) is 9.18 Å². The molecular formula is C17H17FO4. The fourth-order valence-corrected chi connectivity index (χ4v) is 1.49. The highest BCUT2D eigenvalue weighted by Crippen LogP contribution is 2.16. The molecule has 4 nitrogen and oxygen atoms in total. The van der Waals surface area contributed by atoms with Gasteiger partial charge in [-0.2, -0.15) is 0 Å². The minimum atomic E-state index is -0.578. The van der Waals surface area contributed by atoms with Gasteiger partial charge in [0, 0.05) is 6.92 Å². The van der Waals surface area contributed by atoms with E-state index >= 15 is 0 Å². The predicted octanol–water partition coefficient (Wildman–Crippen LogP) is 4.00. The number of rotatable bonds is 3. The van der Waals surface area contributed by atoms with E-state index in [1.165, 1.54) is 55.5 Å². The van der Waals surface area contributed by atoms with Gasteiger partial charge in [0.05, 0.1) is 5.56 Å². The van der Waals surface area contributed by atoms with E-state index in [4.69, 9.17) is 9.47 Å². The first-order chi connectivity index (χ1) is 10.5. The van der Waals surface area contributed by atoms with Crippen LogP contribution in [0, 0.1) is 5.82 Å². The van der Waals surface area contributed by atoms with E-state index in [1.807, 2.05) is 13.8 Å². The third kappa shape index (κ3) is 5.36. The zero-order chi connectivity index (χ0) is 16.5. The number of benzene rings is 2. The van der Waals surface area contributed by atoms with Crippen molar-refractivity contribution in [1.82, 2.24) is 0 Å². The van der Waals surface area contributed by atoms with E-state index in [-0.39, 0.29) is 5.75 Å². The van der Waals surface area contributed by atoms with Crippen LogP contribution in [0.3, 0.4) is 0 Å². The first kappa shape index (κ1) is 17.4. The Morgan fingerprint density at radius 2 is 1.27 bits per heavy atom. The maximum atomic E-state index is 12.7. The Morgan fingerprint density at radius 3 is 1.77 bits per heavy atom. The summed E-state index contributed by atoms with van der Waals surface area (Å²) in [5, 5.41) is 0. The van der Waals surface area contributed by atoms with E-state index in [0.717, 1.165) is 0 Å². The van der Waals surface area contributed by atoms with Crippen LogP contribution < -0.4 is 9.47 Å². The minimum Gasteiger partial charge on any atom is -0.427 e. The Balaban J connectivity index is 0.00000116. The summed E-state index contributed by atoms with van der Waals surface area (Å²) in [5.74, 6) is -0.829. The molecule has 0 aliphatic rings. The van der Waals surface area contributed by atoms with Gasteiger partial charge in [-0.05, 0) is 48.5 Å². The lowest BCUT2D eigenvalue weighted by molar-refractivity contribution is -0.131. The van der Waals surface area contributed by atoms with Gasteiger partial charge in [0.25, 0.3) is 0 Å². The number of halogens is 1. The van der Waals surface area contributed by atoms with Crippen LogP contribution in [0.1, 0.15) is 31.1 Å². The molecule has 0 N–H and O–H groups in total. The number of carbonyl (C=O) groups is 2. The third-order valence-corrected chi connectivity index (χ3v) is 2.38. The molecule has 5 heteroatoms. The number of esters is 2. The lowest BCUT2D eigenvalue weighted by atomic mass is 10.2. The van der Waals surface area contributed by atoms with Crippen LogP contribution in [0.4, 0.5) is 4.39 Å². The summed E-state index contributed by atoms with van der Waals surface area (Å²) in [4.78, 5) is 22.6. The van der Waals surface area contributed by atoms with Crippen LogP contribution >= 0.6 is 0 Å². The molecule has 0 unspecified atom stereocenters. The Hall–Kier alpha value is -2.69. The van der Waals surface area contributed by atoms with E-state index < -0.39 is 17.8 Å². The van der Waals surface area contributed by atoms with Crippen LogP contribution in [0.5, 0.6) is 11.5 Å². The number of ether oxygens (including phenoxy) is 2. The first-order valence-electron chi connectivity index (χ1n) is 6.81. The molecular weight excluding hydrogens is 287 g/mol. The first-order valence-corrected chi connectivity index (χ1v) is 6.81. The summed E-state index contributed by atoms with van der Waals surface area (Å²) in [6, 6.07) is 11.1.